The second-order valence-electron chi connectivity index (χ2n) is 8.64. The van der Waals surface area contributed by atoms with Gasteiger partial charge in [-0.15, -0.1) is 0 Å². The van der Waals surface area contributed by atoms with Gasteiger partial charge < -0.3 is 5.32 Å². The average molecular weight is 410 g/mol. The van der Waals surface area contributed by atoms with Crippen LogP contribution in [0, 0.1) is 5.92 Å². The second kappa shape index (κ2) is 8.19. The van der Waals surface area contributed by atoms with Gasteiger partial charge in [-0.25, -0.2) is 0 Å². The Balaban J connectivity index is 1.61. The van der Waals surface area contributed by atoms with Gasteiger partial charge in [0.1, 0.15) is 0 Å². The van der Waals surface area contributed by atoms with E-state index in [0.717, 1.165) is 23.0 Å². The number of amides is 1. The van der Waals surface area contributed by atoms with E-state index in [2.05, 4.69) is 11.4 Å². The number of para-hydroxylation sites is 1. The highest BCUT2D eigenvalue weighted by molar-refractivity contribution is 6.30. The third-order valence-electron chi connectivity index (χ3n) is 6.02. The molecule has 0 spiro atoms. The monoisotopic (exact) mass is 409 g/mol. The lowest BCUT2D eigenvalue weighted by Crippen LogP contribution is -2.41. The minimum Gasteiger partial charge on any atom is -0.342 e. The maximum Gasteiger partial charge on any atom is 0.273 e. The predicted octanol–water partition coefficient (Wildman–Crippen LogP) is 5.94. The van der Waals surface area contributed by atoms with Gasteiger partial charge in [-0.3, -0.25) is 9.48 Å². The highest BCUT2D eigenvalue weighted by Gasteiger charge is 2.27. The molecule has 0 aliphatic heterocycles. The number of halogens is 1. The molecule has 4 rings (SSSR count). The summed E-state index contributed by atoms with van der Waals surface area (Å²) in [5.74, 6) is 0.497. The molecule has 0 atom stereocenters. The van der Waals surface area contributed by atoms with E-state index in [9.17, 15) is 4.79 Å². The van der Waals surface area contributed by atoms with Crippen molar-refractivity contribution in [3.05, 3.63) is 64.8 Å². The summed E-state index contributed by atoms with van der Waals surface area (Å²) in [7, 11) is 0. The van der Waals surface area contributed by atoms with Gasteiger partial charge in [-0.05, 0) is 56.4 Å². The van der Waals surface area contributed by atoms with Crippen LogP contribution < -0.4 is 5.32 Å². The third kappa shape index (κ3) is 4.32. The van der Waals surface area contributed by atoms with Crippen LogP contribution in [0.2, 0.25) is 5.02 Å². The fraction of sp³-hybridized carbons (Fsp3) is 0.417. The summed E-state index contributed by atoms with van der Waals surface area (Å²) in [6, 6.07) is 15.6. The molecule has 29 heavy (non-hydrogen) atoms. The summed E-state index contributed by atoms with van der Waals surface area (Å²) in [5, 5.41) is 9.51. The summed E-state index contributed by atoms with van der Waals surface area (Å²) >= 11 is 6.01. The zero-order valence-electron chi connectivity index (χ0n) is 17.1. The SMILES string of the molecule is CC(C)(NC(=O)c1nn(CC2CCCCC2)c2ccccc12)c1ccc(Cl)cc1. The number of hydrogen-bond donors (Lipinski definition) is 1. The topological polar surface area (TPSA) is 46.9 Å². The van der Waals surface area contributed by atoms with E-state index in [-0.39, 0.29) is 5.91 Å². The number of fused-ring (bicyclic) bond motifs is 1. The Bertz CT molecular complexity index is 1000. The lowest BCUT2D eigenvalue weighted by Gasteiger charge is -2.26. The van der Waals surface area contributed by atoms with Crippen molar-refractivity contribution in [2.45, 2.75) is 58.0 Å². The number of rotatable bonds is 5. The van der Waals surface area contributed by atoms with Crippen molar-refractivity contribution < 1.29 is 4.79 Å². The van der Waals surface area contributed by atoms with Crippen molar-refractivity contribution in [1.29, 1.82) is 0 Å². The molecule has 3 aromatic rings. The van der Waals surface area contributed by atoms with Crippen molar-refractivity contribution >= 4 is 28.4 Å². The minimum absolute atomic E-state index is 0.149. The summed E-state index contributed by atoms with van der Waals surface area (Å²) in [6.07, 6.45) is 6.43. The van der Waals surface area contributed by atoms with Crippen LogP contribution in [0.5, 0.6) is 0 Å². The Kier molecular flexibility index (Phi) is 5.64. The molecule has 1 amide bonds. The van der Waals surface area contributed by atoms with Gasteiger partial charge in [0.2, 0.25) is 0 Å². The van der Waals surface area contributed by atoms with Gasteiger partial charge in [0.05, 0.1) is 11.1 Å². The standard InChI is InChI=1S/C24H28ClN3O/c1-24(2,18-12-14-19(25)15-13-18)26-23(29)22-20-10-6-7-11-21(20)28(27-22)16-17-8-4-3-5-9-17/h6-7,10-15,17H,3-5,8-9,16H2,1-2H3,(H,26,29). The molecule has 1 heterocycles. The highest BCUT2D eigenvalue weighted by Crippen LogP contribution is 2.28. The Labute approximate surface area is 177 Å². The van der Waals surface area contributed by atoms with Crippen molar-refractivity contribution in [2.24, 2.45) is 5.92 Å². The van der Waals surface area contributed by atoms with Crippen molar-refractivity contribution in [1.82, 2.24) is 15.1 Å². The number of nitrogens with zero attached hydrogens (tertiary/aromatic N) is 2. The van der Waals surface area contributed by atoms with Gasteiger partial charge in [0, 0.05) is 17.0 Å². The zero-order chi connectivity index (χ0) is 20.4. The van der Waals surface area contributed by atoms with Gasteiger partial charge >= 0.3 is 0 Å². The molecular formula is C24H28ClN3O. The molecule has 0 bridgehead atoms. The van der Waals surface area contributed by atoms with Gasteiger partial charge in [-0.2, -0.15) is 5.10 Å². The number of benzene rings is 2. The Morgan fingerprint density at radius 3 is 2.52 bits per heavy atom. The Hall–Kier alpha value is -2.33. The first-order valence-corrected chi connectivity index (χ1v) is 10.9. The molecule has 0 radical (unpaired) electrons. The van der Waals surface area contributed by atoms with Gasteiger partial charge in [0.25, 0.3) is 5.91 Å². The van der Waals surface area contributed by atoms with E-state index >= 15 is 0 Å². The molecule has 0 saturated heterocycles. The molecule has 1 N–H and O–H groups in total. The summed E-state index contributed by atoms with van der Waals surface area (Å²) in [5.41, 5.74) is 2.00. The van der Waals surface area contributed by atoms with Crippen molar-refractivity contribution in [3.63, 3.8) is 0 Å². The molecule has 1 aromatic heterocycles. The summed E-state index contributed by atoms with van der Waals surface area (Å²) in [6.45, 7) is 4.87. The van der Waals surface area contributed by atoms with Crippen molar-refractivity contribution in [2.75, 3.05) is 0 Å². The van der Waals surface area contributed by atoms with E-state index < -0.39 is 5.54 Å². The fourth-order valence-electron chi connectivity index (χ4n) is 4.33. The van der Waals surface area contributed by atoms with E-state index in [1.165, 1.54) is 32.1 Å². The van der Waals surface area contributed by atoms with E-state index in [1.54, 1.807) is 0 Å². The third-order valence-corrected chi connectivity index (χ3v) is 6.27. The second-order valence-corrected chi connectivity index (χ2v) is 9.07. The zero-order valence-corrected chi connectivity index (χ0v) is 17.9. The van der Waals surface area contributed by atoms with Crippen LogP contribution in [0.15, 0.2) is 48.5 Å². The molecule has 5 heteroatoms. The Morgan fingerprint density at radius 1 is 1.10 bits per heavy atom. The molecule has 2 aromatic carbocycles. The molecule has 4 nitrogen and oxygen atoms in total. The number of aromatic nitrogens is 2. The lowest BCUT2D eigenvalue weighted by atomic mass is 9.89. The average Bonchev–Trinajstić information content (AvgIpc) is 3.08. The normalized spacial score (nSPS) is 15.6. The van der Waals surface area contributed by atoms with Crippen LogP contribution in [0.3, 0.4) is 0 Å². The van der Waals surface area contributed by atoms with Crippen LogP contribution >= 0.6 is 11.6 Å². The van der Waals surface area contributed by atoms with Crippen LogP contribution in [0.25, 0.3) is 10.9 Å². The van der Waals surface area contributed by atoms with Gasteiger partial charge in [-0.1, -0.05) is 61.2 Å². The lowest BCUT2D eigenvalue weighted by molar-refractivity contribution is 0.0907. The number of hydrogen-bond acceptors (Lipinski definition) is 2. The number of nitrogens with one attached hydrogen (secondary N) is 1. The molecule has 0 unspecified atom stereocenters. The molecule has 1 aliphatic rings. The number of carbonyl (C=O) groups is 1. The molecule has 152 valence electrons. The maximum absolute atomic E-state index is 13.2. The maximum atomic E-state index is 13.2. The summed E-state index contributed by atoms with van der Waals surface area (Å²) in [4.78, 5) is 13.2. The van der Waals surface area contributed by atoms with Crippen LogP contribution in [0.1, 0.15) is 62.0 Å². The largest absolute Gasteiger partial charge is 0.342 e. The van der Waals surface area contributed by atoms with Crippen molar-refractivity contribution in [3.8, 4) is 0 Å². The van der Waals surface area contributed by atoms with E-state index in [1.807, 2.05) is 61.0 Å². The molecule has 1 saturated carbocycles. The minimum atomic E-state index is -0.532. The van der Waals surface area contributed by atoms with E-state index in [4.69, 9.17) is 16.7 Å². The van der Waals surface area contributed by atoms with Crippen LogP contribution in [0.4, 0.5) is 0 Å². The first-order valence-electron chi connectivity index (χ1n) is 10.5. The highest BCUT2D eigenvalue weighted by atomic mass is 35.5. The predicted molar refractivity (Wildman–Crippen MR) is 118 cm³/mol. The first-order chi connectivity index (χ1) is 13.9. The summed E-state index contributed by atoms with van der Waals surface area (Å²) < 4.78 is 2.04. The fourth-order valence-corrected chi connectivity index (χ4v) is 4.46. The van der Waals surface area contributed by atoms with Crippen LogP contribution in [-0.4, -0.2) is 15.7 Å². The molecule has 1 aliphatic carbocycles. The smallest absolute Gasteiger partial charge is 0.273 e. The first kappa shape index (κ1) is 20.0. The van der Waals surface area contributed by atoms with Gasteiger partial charge in [0.15, 0.2) is 5.69 Å². The van der Waals surface area contributed by atoms with E-state index in [0.29, 0.717) is 16.6 Å². The molecular weight excluding hydrogens is 382 g/mol. The Morgan fingerprint density at radius 2 is 1.79 bits per heavy atom. The quantitative estimate of drug-likeness (QED) is 0.567. The number of carbonyl (C=O) groups excluding carboxylic acids is 1. The molecule has 1 fully saturated rings. The van der Waals surface area contributed by atoms with Crippen LogP contribution in [-0.2, 0) is 12.1 Å².